The highest BCUT2D eigenvalue weighted by Gasteiger charge is 2.35. The van der Waals surface area contributed by atoms with Crippen LogP contribution in [0.15, 0.2) is 59.1 Å². The molecule has 0 aliphatic rings. The highest BCUT2D eigenvalue weighted by molar-refractivity contribution is 9.10. The first kappa shape index (κ1) is 28.9. The van der Waals surface area contributed by atoms with Gasteiger partial charge in [0.15, 0.2) is 11.4 Å². The molecule has 3 aromatic rings. The minimum Gasteiger partial charge on any atom is -0.475 e. The van der Waals surface area contributed by atoms with Gasteiger partial charge in [0.25, 0.3) is 0 Å². The van der Waals surface area contributed by atoms with E-state index in [4.69, 9.17) is 9.47 Å². The zero-order valence-corrected chi connectivity index (χ0v) is 23.6. The van der Waals surface area contributed by atoms with E-state index in [0.29, 0.717) is 27.1 Å². The lowest BCUT2D eigenvalue weighted by Crippen LogP contribution is -2.43. The minimum absolute atomic E-state index is 0.0503. The fraction of sp³-hybridized carbons (Fsp3) is 0.357. The van der Waals surface area contributed by atoms with Crippen molar-refractivity contribution in [3.05, 3.63) is 75.1 Å². The van der Waals surface area contributed by atoms with Crippen LogP contribution in [0.1, 0.15) is 61.8 Å². The summed E-state index contributed by atoms with van der Waals surface area (Å²) in [5, 5.41) is 0. The smallest absolute Gasteiger partial charge is 0.416 e. The van der Waals surface area contributed by atoms with Gasteiger partial charge >= 0.3 is 12.1 Å². The van der Waals surface area contributed by atoms with Gasteiger partial charge in [0, 0.05) is 11.3 Å². The summed E-state index contributed by atoms with van der Waals surface area (Å²) in [5.41, 5.74) is -1.00. The maximum Gasteiger partial charge on any atom is 0.416 e. The SMILES string of the molecule is CC(C)(C)OC(=O)C(C)(C)Oc1ccc(CCC(=O)c2ccc(-c3ccc(C(F)(F)F)cc3)s2)cc1Br. The molecule has 0 saturated carbocycles. The lowest BCUT2D eigenvalue weighted by Gasteiger charge is -2.29. The first-order valence-corrected chi connectivity index (χ1v) is 13.2. The van der Waals surface area contributed by atoms with E-state index in [1.807, 2.05) is 12.1 Å². The van der Waals surface area contributed by atoms with E-state index in [9.17, 15) is 22.8 Å². The van der Waals surface area contributed by atoms with Gasteiger partial charge in [-0.2, -0.15) is 13.2 Å². The van der Waals surface area contributed by atoms with Crippen molar-refractivity contribution in [3.8, 4) is 16.2 Å². The molecule has 0 bridgehead atoms. The maximum atomic E-state index is 12.8. The van der Waals surface area contributed by atoms with Crippen molar-refractivity contribution in [1.82, 2.24) is 0 Å². The van der Waals surface area contributed by atoms with Gasteiger partial charge in [0.2, 0.25) is 0 Å². The fourth-order valence-corrected chi connectivity index (χ4v) is 4.83. The third-order valence-electron chi connectivity index (χ3n) is 5.27. The second-order valence-electron chi connectivity index (χ2n) is 10.0. The van der Waals surface area contributed by atoms with Gasteiger partial charge in [-0.3, -0.25) is 4.79 Å². The Morgan fingerprint density at radius 1 is 0.919 bits per heavy atom. The summed E-state index contributed by atoms with van der Waals surface area (Å²) in [6.07, 6.45) is -3.63. The molecule has 198 valence electrons. The third-order valence-corrected chi connectivity index (χ3v) is 7.07. The number of Topliss-reactive ketones (excluding diaryl/α,β-unsaturated/α-hetero) is 1. The van der Waals surface area contributed by atoms with Crippen molar-refractivity contribution >= 4 is 39.0 Å². The summed E-state index contributed by atoms with van der Waals surface area (Å²) >= 11 is 4.74. The van der Waals surface area contributed by atoms with E-state index < -0.39 is 28.9 Å². The molecule has 0 N–H and O–H groups in total. The van der Waals surface area contributed by atoms with Gasteiger partial charge in [-0.15, -0.1) is 11.3 Å². The molecular weight excluding hydrogens is 569 g/mol. The molecule has 1 aromatic heterocycles. The van der Waals surface area contributed by atoms with E-state index in [-0.39, 0.29) is 12.2 Å². The number of alkyl halides is 3. The molecule has 0 radical (unpaired) electrons. The monoisotopic (exact) mass is 596 g/mol. The van der Waals surface area contributed by atoms with E-state index in [1.165, 1.54) is 23.5 Å². The summed E-state index contributed by atoms with van der Waals surface area (Å²) in [4.78, 5) is 26.5. The number of halogens is 4. The van der Waals surface area contributed by atoms with Crippen molar-refractivity contribution in [2.75, 3.05) is 0 Å². The van der Waals surface area contributed by atoms with E-state index >= 15 is 0 Å². The second kappa shape index (κ2) is 11.0. The molecule has 1 heterocycles. The van der Waals surface area contributed by atoms with Gasteiger partial charge in [0.05, 0.1) is 14.9 Å². The van der Waals surface area contributed by atoms with Crippen LogP contribution in [0.5, 0.6) is 5.75 Å². The van der Waals surface area contributed by atoms with Crippen LogP contribution in [0.4, 0.5) is 13.2 Å². The van der Waals surface area contributed by atoms with Crippen LogP contribution in [0.25, 0.3) is 10.4 Å². The maximum absolute atomic E-state index is 12.8. The average Bonchev–Trinajstić information content (AvgIpc) is 3.28. The number of thiophene rings is 1. The van der Waals surface area contributed by atoms with Gasteiger partial charge in [0.1, 0.15) is 11.4 Å². The number of carbonyl (C=O) groups excluding carboxylic acids is 2. The zero-order valence-electron chi connectivity index (χ0n) is 21.2. The number of benzene rings is 2. The predicted molar refractivity (Wildman–Crippen MR) is 142 cm³/mol. The molecule has 0 atom stereocenters. The number of hydrogen-bond acceptors (Lipinski definition) is 5. The Balaban J connectivity index is 1.61. The van der Waals surface area contributed by atoms with Gasteiger partial charge in [-0.05, 0) is 104 Å². The molecule has 2 aromatic carbocycles. The first-order chi connectivity index (χ1) is 17.0. The van der Waals surface area contributed by atoms with Crippen molar-refractivity contribution in [2.24, 2.45) is 0 Å². The molecule has 0 aliphatic carbocycles. The highest BCUT2D eigenvalue weighted by Crippen LogP contribution is 2.34. The van der Waals surface area contributed by atoms with Crippen LogP contribution in [0.3, 0.4) is 0 Å². The van der Waals surface area contributed by atoms with E-state index in [2.05, 4.69) is 15.9 Å². The highest BCUT2D eigenvalue weighted by atomic mass is 79.9. The van der Waals surface area contributed by atoms with Crippen LogP contribution in [0.2, 0.25) is 0 Å². The predicted octanol–water partition coefficient (Wildman–Crippen LogP) is 8.51. The molecule has 0 fully saturated rings. The molecule has 0 amide bonds. The summed E-state index contributed by atoms with van der Waals surface area (Å²) in [7, 11) is 0. The van der Waals surface area contributed by atoms with Crippen molar-refractivity contribution in [3.63, 3.8) is 0 Å². The van der Waals surface area contributed by atoms with Gasteiger partial charge in [-0.1, -0.05) is 18.2 Å². The summed E-state index contributed by atoms with van der Waals surface area (Å²) in [6, 6.07) is 13.8. The third kappa shape index (κ3) is 7.92. The number of rotatable bonds is 8. The fourth-order valence-electron chi connectivity index (χ4n) is 3.35. The Bertz CT molecular complexity index is 1270. The largest absolute Gasteiger partial charge is 0.475 e. The topological polar surface area (TPSA) is 52.6 Å². The lowest BCUT2D eigenvalue weighted by atomic mass is 10.1. The van der Waals surface area contributed by atoms with Crippen LogP contribution < -0.4 is 4.74 Å². The second-order valence-corrected chi connectivity index (χ2v) is 12.0. The standard InChI is InChI=1S/C28H28BrF3O4S/c1-26(2,3)36-25(34)27(4,5)35-22-13-7-17(16-20(22)29)6-12-21(33)24-15-14-23(37-24)18-8-10-19(11-9-18)28(30,31)32/h7-11,13-16H,6,12H2,1-5H3. The van der Waals surface area contributed by atoms with Gasteiger partial charge in [-0.25, -0.2) is 4.79 Å². The number of aryl methyl sites for hydroxylation is 1. The van der Waals surface area contributed by atoms with Crippen LogP contribution >= 0.6 is 27.3 Å². The Morgan fingerprint density at radius 2 is 1.57 bits per heavy atom. The number of ketones is 1. The Labute approximate surface area is 226 Å². The number of ether oxygens (including phenoxy) is 2. The van der Waals surface area contributed by atoms with Crippen LogP contribution in [-0.4, -0.2) is 23.0 Å². The Kier molecular flexibility index (Phi) is 8.59. The van der Waals surface area contributed by atoms with Crippen molar-refractivity contribution < 1.29 is 32.2 Å². The summed E-state index contributed by atoms with van der Waals surface area (Å²) in [6.45, 7) is 8.65. The molecule has 3 rings (SSSR count). The van der Waals surface area contributed by atoms with Crippen molar-refractivity contribution in [2.45, 2.75) is 64.8 Å². The first-order valence-electron chi connectivity index (χ1n) is 11.6. The van der Waals surface area contributed by atoms with E-state index in [1.54, 1.807) is 52.8 Å². The normalized spacial score (nSPS) is 12.4. The number of hydrogen-bond donors (Lipinski definition) is 0. The Morgan fingerprint density at radius 3 is 2.14 bits per heavy atom. The molecule has 0 aliphatic heterocycles. The molecule has 0 spiro atoms. The van der Waals surface area contributed by atoms with Crippen LogP contribution in [-0.2, 0) is 22.1 Å². The van der Waals surface area contributed by atoms with Gasteiger partial charge < -0.3 is 9.47 Å². The number of carbonyl (C=O) groups is 2. The lowest BCUT2D eigenvalue weighted by molar-refractivity contribution is -0.171. The zero-order chi connectivity index (χ0) is 27.6. The number of esters is 1. The van der Waals surface area contributed by atoms with E-state index in [0.717, 1.165) is 22.6 Å². The molecule has 37 heavy (non-hydrogen) atoms. The summed E-state index contributed by atoms with van der Waals surface area (Å²) < 4.78 is 50.4. The average molecular weight is 597 g/mol. The summed E-state index contributed by atoms with van der Waals surface area (Å²) in [5.74, 6) is -0.0516. The molecular formula is C28H28BrF3O4S. The minimum atomic E-state index is -4.39. The quantitative estimate of drug-likeness (QED) is 0.193. The van der Waals surface area contributed by atoms with Crippen molar-refractivity contribution in [1.29, 1.82) is 0 Å². The molecule has 0 saturated heterocycles. The molecule has 4 nitrogen and oxygen atoms in total. The molecule has 9 heteroatoms. The Hall–Kier alpha value is -2.65. The van der Waals surface area contributed by atoms with Crippen LogP contribution in [0, 0.1) is 0 Å². The molecule has 0 unspecified atom stereocenters.